The van der Waals surface area contributed by atoms with Gasteiger partial charge < -0.3 is 10.4 Å². The van der Waals surface area contributed by atoms with Gasteiger partial charge in [-0.25, -0.2) is 0 Å². The standard InChI is InChI=1S/C16H25NO/c1-3-14-4-6-15(7-5-14)13(2)17-12-16(8-9-16)10-11-18/h4-7,13,17-18H,3,8-12H2,1-2H3. The summed E-state index contributed by atoms with van der Waals surface area (Å²) in [6, 6.07) is 9.28. The van der Waals surface area contributed by atoms with Crippen LogP contribution in [0.2, 0.25) is 0 Å². The van der Waals surface area contributed by atoms with Crippen LogP contribution in [0.15, 0.2) is 24.3 Å². The Hall–Kier alpha value is -0.860. The normalized spacial score (nSPS) is 18.6. The molecule has 0 amide bonds. The predicted molar refractivity (Wildman–Crippen MR) is 75.6 cm³/mol. The summed E-state index contributed by atoms with van der Waals surface area (Å²) in [6.07, 6.45) is 4.58. The zero-order chi connectivity index (χ0) is 13.0. The molecule has 0 aromatic heterocycles. The molecule has 100 valence electrons. The highest BCUT2D eigenvalue weighted by molar-refractivity contribution is 5.24. The van der Waals surface area contributed by atoms with Gasteiger partial charge >= 0.3 is 0 Å². The molecule has 0 spiro atoms. The van der Waals surface area contributed by atoms with Gasteiger partial charge in [-0.05, 0) is 49.1 Å². The maximum atomic E-state index is 9.05. The van der Waals surface area contributed by atoms with Crippen LogP contribution in [0.1, 0.15) is 50.3 Å². The van der Waals surface area contributed by atoms with E-state index < -0.39 is 0 Å². The van der Waals surface area contributed by atoms with Crippen LogP contribution in [0, 0.1) is 5.41 Å². The second-order valence-electron chi connectivity index (χ2n) is 5.67. The molecule has 1 atom stereocenters. The Kier molecular flexibility index (Phi) is 4.41. The molecule has 0 heterocycles. The number of hydrogen-bond acceptors (Lipinski definition) is 2. The third-order valence-corrected chi connectivity index (χ3v) is 4.27. The van der Waals surface area contributed by atoms with E-state index in [1.807, 2.05) is 0 Å². The van der Waals surface area contributed by atoms with Crippen LogP contribution in [0.25, 0.3) is 0 Å². The molecule has 18 heavy (non-hydrogen) atoms. The lowest BCUT2D eigenvalue weighted by Crippen LogP contribution is -2.27. The van der Waals surface area contributed by atoms with Crippen molar-refractivity contribution in [1.82, 2.24) is 5.32 Å². The number of aliphatic hydroxyl groups is 1. The number of rotatable bonds is 7. The van der Waals surface area contributed by atoms with Gasteiger partial charge in [0.1, 0.15) is 0 Å². The molecular weight excluding hydrogens is 222 g/mol. The molecule has 2 rings (SSSR count). The van der Waals surface area contributed by atoms with Crippen LogP contribution in [-0.4, -0.2) is 18.3 Å². The van der Waals surface area contributed by atoms with Gasteiger partial charge in [0.05, 0.1) is 0 Å². The summed E-state index contributed by atoms with van der Waals surface area (Å²) in [5, 5.41) is 12.7. The summed E-state index contributed by atoms with van der Waals surface area (Å²) < 4.78 is 0. The summed E-state index contributed by atoms with van der Waals surface area (Å²) >= 11 is 0. The van der Waals surface area contributed by atoms with E-state index in [0.29, 0.717) is 18.1 Å². The molecule has 1 aliphatic rings. The van der Waals surface area contributed by atoms with Gasteiger partial charge in [0.25, 0.3) is 0 Å². The van der Waals surface area contributed by atoms with E-state index in [4.69, 9.17) is 5.11 Å². The number of aliphatic hydroxyl groups excluding tert-OH is 1. The Morgan fingerprint density at radius 3 is 2.44 bits per heavy atom. The first-order chi connectivity index (χ1) is 8.69. The quantitative estimate of drug-likeness (QED) is 0.776. The van der Waals surface area contributed by atoms with E-state index in [-0.39, 0.29) is 0 Å². The number of benzene rings is 1. The van der Waals surface area contributed by atoms with Crippen LogP contribution in [0.3, 0.4) is 0 Å². The Bertz CT molecular complexity index is 367. The van der Waals surface area contributed by atoms with E-state index in [2.05, 4.69) is 43.4 Å². The van der Waals surface area contributed by atoms with E-state index in [9.17, 15) is 0 Å². The Labute approximate surface area is 110 Å². The Balaban J connectivity index is 1.85. The highest BCUT2D eigenvalue weighted by Crippen LogP contribution is 2.48. The fourth-order valence-electron chi connectivity index (χ4n) is 2.46. The van der Waals surface area contributed by atoms with Crippen LogP contribution < -0.4 is 5.32 Å². The molecule has 0 saturated heterocycles. The van der Waals surface area contributed by atoms with Crippen molar-refractivity contribution in [3.05, 3.63) is 35.4 Å². The molecule has 0 radical (unpaired) electrons. The first kappa shape index (κ1) is 13.6. The minimum atomic E-state index is 0.321. The van der Waals surface area contributed by atoms with Gasteiger partial charge in [-0.2, -0.15) is 0 Å². The van der Waals surface area contributed by atoms with Gasteiger partial charge in [-0.3, -0.25) is 0 Å². The highest BCUT2D eigenvalue weighted by Gasteiger charge is 2.41. The highest BCUT2D eigenvalue weighted by atomic mass is 16.3. The molecule has 1 saturated carbocycles. The topological polar surface area (TPSA) is 32.3 Å². The zero-order valence-corrected chi connectivity index (χ0v) is 11.6. The van der Waals surface area contributed by atoms with Crippen molar-refractivity contribution in [2.75, 3.05) is 13.2 Å². The summed E-state index contributed by atoms with van der Waals surface area (Å²) in [4.78, 5) is 0. The minimum Gasteiger partial charge on any atom is -0.396 e. The number of hydrogen-bond donors (Lipinski definition) is 2. The largest absolute Gasteiger partial charge is 0.396 e. The fraction of sp³-hybridized carbons (Fsp3) is 0.625. The van der Waals surface area contributed by atoms with Crippen LogP contribution in [0.4, 0.5) is 0 Å². The van der Waals surface area contributed by atoms with E-state index in [0.717, 1.165) is 19.4 Å². The molecule has 2 nitrogen and oxygen atoms in total. The zero-order valence-electron chi connectivity index (χ0n) is 11.6. The third-order valence-electron chi connectivity index (χ3n) is 4.27. The fourth-order valence-corrected chi connectivity index (χ4v) is 2.46. The van der Waals surface area contributed by atoms with Crippen LogP contribution in [0.5, 0.6) is 0 Å². The number of aryl methyl sites for hydroxylation is 1. The van der Waals surface area contributed by atoms with Crippen LogP contribution >= 0.6 is 0 Å². The van der Waals surface area contributed by atoms with Gasteiger partial charge in [-0.1, -0.05) is 31.2 Å². The Morgan fingerprint density at radius 2 is 1.94 bits per heavy atom. The lowest BCUT2D eigenvalue weighted by Gasteiger charge is -2.20. The van der Waals surface area contributed by atoms with Crippen molar-refractivity contribution in [2.24, 2.45) is 5.41 Å². The molecule has 0 bridgehead atoms. The number of nitrogens with one attached hydrogen (secondary N) is 1. The smallest absolute Gasteiger partial charge is 0.0436 e. The molecule has 1 aromatic rings. The van der Waals surface area contributed by atoms with E-state index in [1.165, 1.54) is 24.0 Å². The molecule has 1 fully saturated rings. The van der Waals surface area contributed by atoms with E-state index >= 15 is 0 Å². The molecule has 1 aromatic carbocycles. The van der Waals surface area contributed by atoms with Gasteiger partial charge in [0.15, 0.2) is 0 Å². The molecule has 2 heteroatoms. The molecule has 1 unspecified atom stereocenters. The summed E-state index contributed by atoms with van der Waals surface area (Å²) in [5.41, 5.74) is 3.14. The maximum absolute atomic E-state index is 9.05. The van der Waals surface area contributed by atoms with Crippen molar-refractivity contribution >= 4 is 0 Å². The van der Waals surface area contributed by atoms with Crippen molar-refractivity contribution in [2.45, 2.75) is 45.6 Å². The van der Waals surface area contributed by atoms with Gasteiger partial charge in [0, 0.05) is 19.2 Å². The van der Waals surface area contributed by atoms with Gasteiger partial charge in [-0.15, -0.1) is 0 Å². The monoisotopic (exact) mass is 247 g/mol. The maximum Gasteiger partial charge on any atom is 0.0436 e. The average Bonchev–Trinajstić information content (AvgIpc) is 3.17. The second-order valence-corrected chi connectivity index (χ2v) is 5.67. The second kappa shape index (κ2) is 5.85. The van der Waals surface area contributed by atoms with Gasteiger partial charge in [0.2, 0.25) is 0 Å². The first-order valence-electron chi connectivity index (χ1n) is 7.12. The van der Waals surface area contributed by atoms with Crippen molar-refractivity contribution < 1.29 is 5.11 Å². The van der Waals surface area contributed by atoms with Crippen molar-refractivity contribution in [3.8, 4) is 0 Å². The first-order valence-corrected chi connectivity index (χ1v) is 7.12. The Morgan fingerprint density at radius 1 is 1.28 bits per heavy atom. The summed E-state index contributed by atoms with van der Waals surface area (Å²) in [6.45, 7) is 5.75. The van der Waals surface area contributed by atoms with Crippen LogP contribution in [-0.2, 0) is 6.42 Å². The molecular formula is C16H25NO. The lowest BCUT2D eigenvalue weighted by atomic mass is 10.0. The SMILES string of the molecule is CCc1ccc(C(C)NCC2(CCO)CC2)cc1. The summed E-state index contributed by atoms with van der Waals surface area (Å²) in [5.74, 6) is 0. The molecule has 0 aliphatic heterocycles. The summed E-state index contributed by atoms with van der Waals surface area (Å²) in [7, 11) is 0. The minimum absolute atomic E-state index is 0.321. The molecule has 2 N–H and O–H groups in total. The third kappa shape index (κ3) is 3.33. The van der Waals surface area contributed by atoms with Crippen molar-refractivity contribution in [3.63, 3.8) is 0 Å². The lowest BCUT2D eigenvalue weighted by molar-refractivity contribution is 0.243. The predicted octanol–water partition coefficient (Wildman–Crippen LogP) is 3.06. The molecule has 1 aliphatic carbocycles. The van der Waals surface area contributed by atoms with Crippen molar-refractivity contribution in [1.29, 1.82) is 0 Å². The average molecular weight is 247 g/mol. The van der Waals surface area contributed by atoms with E-state index in [1.54, 1.807) is 0 Å².